The van der Waals surface area contributed by atoms with Crippen LogP contribution in [0.4, 0.5) is 0 Å². The summed E-state index contributed by atoms with van der Waals surface area (Å²) in [5.74, 6) is 0.302. The van der Waals surface area contributed by atoms with Crippen LogP contribution in [0.1, 0.15) is 23.2 Å². The zero-order chi connectivity index (χ0) is 10.8. The van der Waals surface area contributed by atoms with Crippen LogP contribution in [0.3, 0.4) is 0 Å². The number of phenolic OH excluding ortho intramolecular Hbond substituents is 1. The summed E-state index contributed by atoms with van der Waals surface area (Å²) in [4.78, 5) is 11.7. The molecule has 0 radical (unpaired) electrons. The molecule has 1 fully saturated rings. The molecule has 1 aliphatic carbocycles. The van der Waals surface area contributed by atoms with Gasteiger partial charge in [-0.1, -0.05) is 0 Å². The van der Waals surface area contributed by atoms with Gasteiger partial charge in [0.25, 0.3) is 5.91 Å². The SMILES string of the molecule is COc1ccc(O)c(C(=O)NC2CC2)c1. The summed E-state index contributed by atoms with van der Waals surface area (Å²) in [5.41, 5.74) is 0.265. The third-order valence-corrected chi connectivity index (χ3v) is 2.36. The molecule has 0 unspecified atom stereocenters. The number of methoxy groups -OCH3 is 1. The normalized spacial score (nSPS) is 14.7. The molecule has 0 heterocycles. The van der Waals surface area contributed by atoms with Crippen LogP contribution in [0.15, 0.2) is 18.2 Å². The first-order valence-corrected chi connectivity index (χ1v) is 4.88. The van der Waals surface area contributed by atoms with Gasteiger partial charge in [0.1, 0.15) is 11.5 Å². The van der Waals surface area contributed by atoms with E-state index in [0.29, 0.717) is 5.75 Å². The zero-order valence-electron chi connectivity index (χ0n) is 8.49. The number of hydrogen-bond donors (Lipinski definition) is 2. The van der Waals surface area contributed by atoms with Crippen LogP contribution in [0, 0.1) is 0 Å². The first-order valence-electron chi connectivity index (χ1n) is 4.88. The Labute approximate surface area is 87.9 Å². The maximum Gasteiger partial charge on any atom is 0.255 e. The molecular formula is C11H13NO3. The molecule has 0 aromatic heterocycles. The molecule has 0 aliphatic heterocycles. The van der Waals surface area contributed by atoms with E-state index in [2.05, 4.69) is 5.32 Å². The number of ether oxygens (including phenoxy) is 1. The molecule has 0 saturated heterocycles. The van der Waals surface area contributed by atoms with E-state index in [0.717, 1.165) is 12.8 Å². The third kappa shape index (κ3) is 2.21. The first-order chi connectivity index (χ1) is 7.20. The van der Waals surface area contributed by atoms with E-state index in [4.69, 9.17) is 4.74 Å². The average molecular weight is 207 g/mol. The van der Waals surface area contributed by atoms with E-state index < -0.39 is 0 Å². The van der Waals surface area contributed by atoms with E-state index in [9.17, 15) is 9.90 Å². The molecule has 1 aromatic carbocycles. The van der Waals surface area contributed by atoms with Crippen molar-refractivity contribution in [2.45, 2.75) is 18.9 Å². The Balaban J connectivity index is 2.20. The van der Waals surface area contributed by atoms with E-state index in [1.165, 1.54) is 19.2 Å². The number of nitrogens with one attached hydrogen (secondary N) is 1. The van der Waals surface area contributed by atoms with Gasteiger partial charge in [-0.25, -0.2) is 0 Å². The highest BCUT2D eigenvalue weighted by Gasteiger charge is 2.25. The topological polar surface area (TPSA) is 58.6 Å². The van der Waals surface area contributed by atoms with Gasteiger partial charge in [-0.2, -0.15) is 0 Å². The molecule has 1 saturated carbocycles. The Bertz CT molecular complexity index is 385. The Morgan fingerprint density at radius 3 is 2.87 bits per heavy atom. The van der Waals surface area contributed by atoms with Gasteiger partial charge in [0, 0.05) is 6.04 Å². The van der Waals surface area contributed by atoms with Gasteiger partial charge in [-0.05, 0) is 31.0 Å². The van der Waals surface area contributed by atoms with Gasteiger partial charge < -0.3 is 15.2 Å². The largest absolute Gasteiger partial charge is 0.507 e. The Hall–Kier alpha value is -1.71. The molecule has 2 rings (SSSR count). The van der Waals surface area contributed by atoms with Crippen LogP contribution < -0.4 is 10.1 Å². The molecule has 1 aliphatic rings. The van der Waals surface area contributed by atoms with Crippen LogP contribution in [0.5, 0.6) is 11.5 Å². The van der Waals surface area contributed by atoms with Crippen molar-refractivity contribution in [2.24, 2.45) is 0 Å². The third-order valence-electron chi connectivity index (χ3n) is 2.36. The quantitative estimate of drug-likeness (QED) is 0.785. The van der Waals surface area contributed by atoms with E-state index in [1.807, 2.05) is 0 Å². The lowest BCUT2D eigenvalue weighted by Crippen LogP contribution is -2.25. The highest BCUT2D eigenvalue weighted by molar-refractivity contribution is 5.97. The van der Waals surface area contributed by atoms with Gasteiger partial charge in [0.2, 0.25) is 0 Å². The summed E-state index contributed by atoms with van der Waals surface area (Å²) >= 11 is 0. The van der Waals surface area contributed by atoms with Crippen LogP contribution in [0.2, 0.25) is 0 Å². The van der Waals surface area contributed by atoms with E-state index in [1.54, 1.807) is 6.07 Å². The lowest BCUT2D eigenvalue weighted by atomic mass is 10.1. The van der Waals surface area contributed by atoms with Crippen LogP contribution in [0.25, 0.3) is 0 Å². The fraction of sp³-hybridized carbons (Fsp3) is 0.364. The van der Waals surface area contributed by atoms with Crippen molar-refractivity contribution in [3.8, 4) is 11.5 Å². The minimum absolute atomic E-state index is 0.0195. The highest BCUT2D eigenvalue weighted by atomic mass is 16.5. The lowest BCUT2D eigenvalue weighted by Gasteiger charge is -2.07. The van der Waals surface area contributed by atoms with Gasteiger partial charge in [-0.3, -0.25) is 4.79 Å². The van der Waals surface area contributed by atoms with Gasteiger partial charge >= 0.3 is 0 Å². The van der Waals surface area contributed by atoms with Gasteiger partial charge in [-0.15, -0.1) is 0 Å². The van der Waals surface area contributed by atoms with Crippen molar-refractivity contribution in [3.05, 3.63) is 23.8 Å². The number of phenols is 1. The summed E-state index contributed by atoms with van der Waals surface area (Å²) in [6.45, 7) is 0. The molecule has 1 aromatic rings. The summed E-state index contributed by atoms with van der Waals surface area (Å²) in [6.07, 6.45) is 2.05. The maximum atomic E-state index is 11.7. The van der Waals surface area contributed by atoms with Crippen molar-refractivity contribution < 1.29 is 14.6 Å². The minimum atomic E-state index is -0.242. The second-order valence-electron chi connectivity index (χ2n) is 3.63. The smallest absolute Gasteiger partial charge is 0.255 e. The summed E-state index contributed by atoms with van der Waals surface area (Å²) in [6, 6.07) is 4.89. The lowest BCUT2D eigenvalue weighted by molar-refractivity contribution is 0.0948. The predicted octanol–water partition coefficient (Wildman–Crippen LogP) is 1.29. The maximum absolute atomic E-state index is 11.7. The predicted molar refractivity (Wildman–Crippen MR) is 55.1 cm³/mol. The average Bonchev–Trinajstić information content (AvgIpc) is 3.02. The minimum Gasteiger partial charge on any atom is -0.507 e. The number of rotatable bonds is 3. The monoisotopic (exact) mass is 207 g/mol. The van der Waals surface area contributed by atoms with Crippen molar-refractivity contribution in [1.29, 1.82) is 0 Å². The van der Waals surface area contributed by atoms with Crippen molar-refractivity contribution in [1.82, 2.24) is 5.32 Å². The summed E-state index contributed by atoms with van der Waals surface area (Å²) in [7, 11) is 1.52. The fourth-order valence-electron chi connectivity index (χ4n) is 1.31. The first kappa shape index (κ1) is 9.83. The molecular weight excluding hydrogens is 194 g/mol. The number of carbonyl (C=O) groups is 1. The molecule has 0 bridgehead atoms. The van der Waals surface area contributed by atoms with Crippen LogP contribution in [-0.4, -0.2) is 24.2 Å². The number of benzene rings is 1. The van der Waals surface area contributed by atoms with Crippen molar-refractivity contribution in [3.63, 3.8) is 0 Å². The molecule has 15 heavy (non-hydrogen) atoms. The molecule has 2 N–H and O–H groups in total. The molecule has 4 heteroatoms. The number of aromatic hydroxyl groups is 1. The van der Waals surface area contributed by atoms with E-state index in [-0.39, 0.29) is 23.3 Å². The number of carbonyl (C=O) groups excluding carboxylic acids is 1. The molecule has 80 valence electrons. The van der Waals surface area contributed by atoms with Gasteiger partial charge in [0.05, 0.1) is 12.7 Å². The van der Waals surface area contributed by atoms with Crippen molar-refractivity contribution in [2.75, 3.05) is 7.11 Å². The molecule has 0 atom stereocenters. The zero-order valence-corrected chi connectivity index (χ0v) is 8.49. The summed E-state index contributed by atoms with van der Waals surface area (Å²) < 4.78 is 4.99. The second-order valence-corrected chi connectivity index (χ2v) is 3.63. The molecule has 0 spiro atoms. The standard InChI is InChI=1S/C11H13NO3/c1-15-8-4-5-10(13)9(6-8)11(14)12-7-2-3-7/h4-7,13H,2-3H2,1H3,(H,12,14). The number of amides is 1. The van der Waals surface area contributed by atoms with Gasteiger partial charge in [0.15, 0.2) is 0 Å². The molecule has 4 nitrogen and oxygen atoms in total. The fourth-order valence-corrected chi connectivity index (χ4v) is 1.31. The second kappa shape index (κ2) is 3.81. The van der Waals surface area contributed by atoms with E-state index >= 15 is 0 Å². The number of hydrogen-bond acceptors (Lipinski definition) is 3. The summed E-state index contributed by atoms with van der Waals surface area (Å²) in [5, 5.41) is 12.3. The molecule has 1 amide bonds. The van der Waals surface area contributed by atoms with Crippen molar-refractivity contribution >= 4 is 5.91 Å². The highest BCUT2D eigenvalue weighted by Crippen LogP contribution is 2.25. The van der Waals surface area contributed by atoms with Crippen LogP contribution >= 0.6 is 0 Å². The Morgan fingerprint density at radius 2 is 2.27 bits per heavy atom. The Kier molecular flexibility index (Phi) is 2.49. The van der Waals surface area contributed by atoms with Crippen LogP contribution in [-0.2, 0) is 0 Å². The Morgan fingerprint density at radius 1 is 1.53 bits per heavy atom.